The van der Waals surface area contributed by atoms with Gasteiger partial charge in [-0.25, -0.2) is 0 Å². The van der Waals surface area contributed by atoms with Crippen LogP contribution in [-0.2, 0) is 15.4 Å². The second-order valence-corrected chi connectivity index (χ2v) is 6.96. The van der Waals surface area contributed by atoms with Crippen molar-refractivity contribution in [1.29, 1.82) is 0 Å². The van der Waals surface area contributed by atoms with Crippen molar-refractivity contribution in [3.05, 3.63) is 29.3 Å². The van der Waals surface area contributed by atoms with E-state index in [0.29, 0.717) is 0 Å². The molecule has 0 aromatic heterocycles. The number of benzene rings is 1. The van der Waals surface area contributed by atoms with Gasteiger partial charge in [-0.1, -0.05) is 53.7 Å². The molecule has 0 saturated carbocycles. The van der Waals surface area contributed by atoms with Gasteiger partial charge in [-0.15, -0.1) is 0 Å². The van der Waals surface area contributed by atoms with Crippen molar-refractivity contribution in [2.75, 3.05) is 0 Å². The van der Waals surface area contributed by atoms with Crippen LogP contribution in [0.15, 0.2) is 18.2 Å². The average Bonchev–Trinajstić information content (AvgIpc) is 2.13. The van der Waals surface area contributed by atoms with E-state index >= 15 is 0 Å². The molecule has 0 amide bonds. The predicted molar refractivity (Wildman–Crippen MR) is 71.1 cm³/mol. The van der Waals surface area contributed by atoms with Gasteiger partial charge in [0, 0.05) is 5.30 Å². The van der Waals surface area contributed by atoms with E-state index in [4.69, 9.17) is 0 Å². The van der Waals surface area contributed by atoms with E-state index in [-0.39, 0.29) is 19.3 Å². The molecular formula is C14H21OP. The lowest BCUT2D eigenvalue weighted by Gasteiger charge is -2.30. The molecule has 0 bridgehead atoms. The molecular weight excluding hydrogens is 215 g/mol. The predicted octanol–water partition coefficient (Wildman–Crippen LogP) is 4.20. The van der Waals surface area contributed by atoms with Crippen LogP contribution in [0, 0.1) is 0 Å². The van der Waals surface area contributed by atoms with Crippen LogP contribution in [0.3, 0.4) is 0 Å². The largest absolute Gasteiger partial charge is 0.269 e. The number of rotatable bonds is 1. The lowest BCUT2D eigenvalue weighted by atomic mass is 9.75. The molecule has 0 N–H and O–H groups in total. The Kier molecular flexibility index (Phi) is 3.59. The highest BCUT2D eigenvalue weighted by Crippen LogP contribution is 2.33. The smallest absolute Gasteiger partial charge is 0.192 e. The highest BCUT2D eigenvalue weighted by atomic mass is 31.1. The van der Waals surface area contributed by atoms with E-state index in [1.807, 2.05) is 12.1 Å². The van der Waals surface area contributed by atoms with Crippen LogP contribution < -0.4 is 5.30 Å². The molecule has 0 unspecified atom stereocenters. The SMILES string of the molecule is CC(C)(C)c1cccc(P=O)c1C(C)(C)C. The average molecular weight is 236 g/mol. The molecule has 0 heterocycles. The van der Waals surface area contributed by atoms with Gasteiger partial charge < -0.3 is 0 Å². The van der Waals surface area contributed by atoms with Gasteiger partial charge in [0.05, 0.1) is 0 Å². The number of hydrogen-bond acceptors (Lipinski definition) is 1. The van der Waals surface area contributed by atoms with Crippen LogP contribution in [0.25, 0.3) is 0 Å². The summed E-state index contributed by atoms with van der Waals surface area (Å²) >= 11 is 0. The minimum Gasteiger partial charge on any atom is -0.269 e. The molecule has 0 fully saturated rings. The Labute approximate surface area is 100 Å². The fourth-order valence-electron chi connectivity index (χ4n) is 2.03. The zero-order valence-electron chi connectivity index (χ0n) is 11.1. The van der Waals surface area contributed by atoms with Crippen molar-refractivity contribution in [3.63, 3.8) is 0 Å². The van der Waals surface area contributed by atoms with Gasteiger partial charge in [-0.2, -0.15) is 0 Å². The third-order valence-corrected chi connectivity index (χ3v) is 3.27. The first-order valence-corrected chi connectivity index (χ1v) is 6.46. The molecule has 16 heavy (non-hydrogen) atoms. The maximum absolute atomic E-state index is 11.3. The molecule has 1 aromatic rings. The minimum absolute atomic E-state index is 0.0244. The summed E-state index contributed by atoms with van der Waals surface area (Å²) in [5.74, 6) is 0. The summed E-state index contributed by atoms with van der Waals surface area (Å²) in [7, 11) is 0.115. The summed E-state index contributed by atoms with van der Waals surface area (Å²) in [6.07, 6.45) is 0. The van der Waals surface area contributed by atoms with Crippen LogP contribution in [0.4, 0.5) is 0 Å². The Morgan fingerprint density at radius 2 is 1.50 bits per heavy atom. The van der Waals surface area contributed by atoms with Gasteiger partial charge in [0.1, 0.15) is 0 Å². The summed E-state index contributed by atoms with van der Waals surface area (Å²) in [5, 5.41) is 0.917. The molecule has 0 radical (unpaired) electrons. The zero-order valence-corrected chi connectivity index (χ0v) is 12.0. The highest BCUT2D eigenvalue weighted by molar-refractivity contribution is 7.34. The topological polar surface area (TPSA) is 17.1 Å². The van der Waals surface area contributed by atoms with Gasteiger partial charge in [0.15, 0.2) is 8.46 Å². The monoisotopic (exact) mass is 236 g/mol. The minimum atomic E-state index is 0.0244. The summed E-state index contributed by atoms with van der Waals surface area (Å²) in [6.45, 7) is 13.1. The van der Waals surface area contributed by atoms with Gasteiger partial charge in [-0.05, 0) is 28.0 Å². The van der Waals surface area contributed by atoms with Crippen LogP contribution in [0.2, 0.25) is 0 Å². The fourth-order valence-corrected chi connectivity index (χ4v) is 2.72. The first-order valence-electron chi connectivity index (χ1n) is 5.65. The zero-order chi connectivity index (χ0) is 12.6. The van der Waals surface area contributed by atoms with Crippen molar-refractivity contribution in [2.24, 2.45) is 0 Å². The summed E-state index contributed by atoms with van der Waals surface area (Å²) in [4.78, 5) is 0. The molecule has 88 valence electrons. The van der Waals surface area contributed by atoms with Crippen LogP contribution in [-0.4, -0.2) is 0 Å². The van der Waals surface area contributed by atoms with Crippen molar-refractivity contribution in [1.82, 2.24) is 0 Å². The first kappa shape index (κ1) is 13.4. The lowest BCUT2D eigenvalue weighted by Crippen LogP contribution is -2.27. The van der Waals surface area contributed by atoms with E-state index in [1.165, 1.54) is 11.1 Å². The maximum Gasteiger partial charge on any atom is 0.192 e. The highest BCUT2D eigenvalue weighted by Gasteiger charge is 2.27. The van der Waals surface area contributed by atoms with Gasteiger partial charge >= 0.3 is 0 Å². The Bertz CT molecular complexity index is 394. The summed E-state index contributed by atoms with van der Waals surface area (Å²) < 4.78 is 11.3. The van der Waals surface area contributed by atoms with Gasteiger partial charge in [0.2, 0.25) is 0 Å². The molecule has 0 atom stereocenters. The molecule has 1 rings (SSSR count). The van der Waals surface area contributed by atoms with Crippen molar-refractivity contribution >= 4 is 13.8 Å². The fraction of sp³-hybridized carbons (Fsp3) is 0.571. The van der Waals surface area contributed by atoms with Crippen molar-refractivity contribution in [2.45, 2.75) is 52.4 Å². The molecule has 2 heteroatoms. The van der Waals surface area contributed by atoms with Gasteiger partial charge in [-0.3, -0.25) is 4.57 Å². The molecule has 0 aliphatic rings. The third kappa shape index (κ3) is 2.71. The van der Waals surface area contributed by atoms with E-state index in [2.05, 4.69) is 47.6 Å². The van der Waals surface area contributed by atoms with Gasteiger partial charge in [0.25, 0.3) is 0 Å². The normalized spacial score (nSPS) is 13.1. The second-order valence-electron chi connectivity index (χ2n) is 6.29. The Morgan fingerprint density at radius 1 is 0.938 bits per heavy atom. The Hall–Kier alpha value is -0.680. The Balaban J connectivity index is 3.57. The Morgan fingerprint density at radius 3 is 1.88 bits per heavy atom. The van der Waals surface area contributed by atoms with Crippen molar-refractivity contribution in [3.8, 4) is 0 Å². The molecule has 0 spiro atoms. The van der Waals surface area contributed by atoms with Crippen LogP contribution >= 0.6 is 8.46 Å². The van der Waals surface area contributed by atoms with E-state index in [1.54, 1.807) is 0 Å². The van der Waals surface area contributed by atoms with Crippen LogP contribution in [0.1, 0.15) is 52.7 Å². The molecule has 1 nitrogen and oxygen atoms in total. The molecule has 1 aromatic carbocycles. The first-order chi connectivity index (χ1) is 7.18. The number of hydrogen-bond donors (Lipinski definition) is 0. The van der Waals surface area contributed by atoms with E-state index in [0.717, 1.165) is 5.30 Å². The summed E-state index contributed by atoms with van der Waals surface area (Å²) in [6, 6.07) is 6.09. The summed E-state index contributed by atoms with van der Waals surface area (Å²) in [5.41, 5.74) is 2.62. The quantitative estimate of drug-likeness (QED) is 0.668. The lowest BCUT2D eigenvalue weighted by molar-refractivity contribution is 0.532. The molecule has 0 saturated heterocycles. The molecule has 0 aliphatic carbocycles. The second kappa shape index (κ2) is 4.30. The van der Waals surface area contributed by atoms with Crippen LogP contribution in [0.5, 0.6) is 0 Å². The van der Waals surface area contributed by atoms with E-state index in [9.17, 15) is 4.57 Å². The molecule has 0 aliphatic heterocycles. The standard InChI is InChI=1S/C14H21OP/c1-13(2,3)10-8-7-9-11(16-15)12(10)14(4,5)6/h7-9H,1-6H3. The third-order valence-electron chi connectivity index (χ3n) is 2.70. The van der Waals surface area contributed by atoms with E-state index < -0.39 is 0 Å². The maximum atomic E-state index is 11.3. The van der Waals surface area contributed by atoms with Crippen molar-refractivity contribution < 1.29 is 4.57 Å².